The number of aliphatic hydroxyl groups is 1. The fourth-order valence-electron chi connectivity index (χ4n) is 0.660. The van der Waals surface area contributed by atoms with Gasteiger partial charge < -0.3 is 15.2 Å². The molecule has 0 aromatic rings. The van der Waals surface area contributed by atoms with E-state index in [0.717, 1.165) is 6.54 Å². The lowest BCUT2D eigenvalue weighted by molar-refractivity contribution is 0.119. The van der Waals surface area contributed by atoms with Crippen LogP contribution >= 0.6 is 0 Å². The Bertz CT molecular complexity index is 86.2. The zero-order valence-corrected chi connectivity index (χ0v) is 7.63. The van der Waals surface area contributed by atoms with Gasteiger partial charge in [0.2, 0.25) is 0 Å². The van der Waals surface area contributed by atoms with Crippen molar-refractivity contribution >= 4 is 0 Å². The maximum atomic E-state index is 9.32. The minimum atomic E-state index is -0.244. The zero-order valence-electron chi connectivity index (χ0n) is 7.63. The fraction of sp³-hybridized carbons (Fsp3) is 1.00. The van der Waals surface area contributed by atoms with Crippen LogP contribution in [0.1, 0.15) is 13.8 Å². The van der Waals surface area contributed by atoms with Crippen LogP contribution in [0.15, 0.2) is 0 Å². The zero-order chi connectivity index (χ0) is 8.69. The van der Waals surface area contributed by atoms with E-state index in [1.54, 1.807) is 7.11 Å². The summed E-state index contributed by atoms with van der Waals surface area (Å²) >= 11 is 0. The van der Waals surface area contributed by atoms with Crippen LogP contribution in [0.3, 0.4) is 0 Å². The molecule has 1 atom stereocenters. The molecule has 0 aliphatic carbocycles. The molecule has 1 unspecified atom stereocenters. The molecule has 3 nitrogen and oxygen atoms in total. The average molecular weight is 161 g/mol. The Kier molecular flexibility index (Phi) is 6.51. The number of nitrogens with one attached hydrogen (secondary N) is 1. The Balaban J connectivity index is 3.10. The lowest BCUT2D eigenvalue weighted by Crippen LogP contribution is -2.32. The van der Waals surface area contributed by atoms with Crippen LogP contribution in [-0.4, -0.2) is 38.0 Å². The van der Waals surface area contributed by atoms with E-state index in [0.29, 0.717) is 19.1 Å². The number of ether oxygens (including phenoxy) is 1. The van der Waals surface area contributed by atoms with Crippen molar-refractivity contribution in [2.75, 3.05) is 26.8 Å². The number of hydrogen-bond acceptors (Lipinski definition) is 3. The SMILES string of the molecule is COCCNCC(O)C(C)C. The van der Waals surface area contributed by atoms with Gasteiger partial charge in [-0.2, -0.15) is 0 Å². The van der Waals surface area contributed by atoms with Crippen LogP contribution in [0.25, 0.3) is 0 Å². The van der Waals surface area contributed by atoms with Crippen molar-refractivity contribution in [3.63, 3.8) is 0 Å². The van der Waals surface area contributed by atoms with Crippen molar-refractivity contribution in [1.82, 2.24) is 5.32 Å². The summed E-state index contributed by atoms with van der Waals surface area (Å²) in [6, 6.07) is 0. The van der Waals surface area contributed by atoms with E-state index in [9.17, 15) is 5.11 Å². The van der Waals surface area contributed by atoms with E-state index in [4.69, 9.17) is 4.74 Å². The second kappa shape index (κ2) is 6.58. The standard InChI is InChI=1S/C8H19NO2/c1-7(2)8(10)6-9-4-5-11-3/h7-10H,4-6H2,1-3H3. The van der Waals surface area contributed by atoms with Crippen LogP contribution < -0.4 is 5.32 Å². The van der Waals surface area contributed by atoms with E-state index in [1.807, 2.05) is 13.8 Å². The van der Waals surface area contributed by atoms with Crippen LogP contribution in [-0.2, 0) is 4.74 Å². The summed E-state index contributed by atoms with van der Waals surface area (Å²) in [4.78, 5) is 0. The Morgan fingerprint density at radius 1 is 1.45 bits per heavy atom. The minimum Gasteiger partial charge on any atom is -0.392 e. The third-order valence-electron chi connectivity index (χ3n) is 1.61. The first-order valence-corrected chi connectivity index (χ1v) is 4.06. The molecule has 0 aliphatic heterocycles. The molecule has 11 heavy (non-hydrogen) atoms. The lowest BCUT2D eigenvalue weighted by Gasteiger charge is -2.14. The number of hydrogen-bond donors (Lipinski definition) is 2. The fourth-order valence-corrected chi connectivity index (χ4v) is 0.660. The van der Waals surface area contributed by atoms with Gasteiger partial charge in [-0.1, -0.05) is 13.8 Å². The molecule has 3 heteroatoms. The predicted molar refractivity (Wildman–Crippen MR) is 45.6 cm³/mol. The molecule has 2 N–H and O–H groups in total. The third-order valence-corrected chi connectivity index (χ3v) is 1.61. The molecule has 0 fully saturated rings. The van der Waals surface area contributed by atoms with E-state index >= 15 is 0 Å². The molecule has 0 heterocycles. The van der Waals surface area contributed by atoms with Gasteiger partial charge in [0.25, 0.3) is 0 Å². The molecule has 0 amide bonds. The summed E-state index contributed by atoms with van der Waals surface area (Å²) in [7, 11) is 1.67. The van der Waals surface area contributed by atoms with Crippen molar-refractivity contribution in [2.45, 2.75) is 20.0 Å². The minimum absolute atomic E-state index is 0.244. The highest BCUT2D eigenvalue weighted by molar-refractivity contribution is 4.62. The van der Waals surface area contributed by atoms with Gasteiger partial charge in [0, 0.05) is 20.2 Å². The van der Waals surface area contributed by atoms with Crippen molar-refractivity contribution in [1.29, 1.82) is 0 Å². The molecule has 0 aromatic heterocycles. The van der Waals surface area contributed by atoms with Crippen molar-refractivity contribution in [3.8, 4) is 0 Å². The Morgan fingerprint density at radius 3 is 2.55 bits per heavy atom. The second-order valence-corrected chi connectivity index (χ2v) is 3.01. The van der Waals surface area contributed by atoms with Gasteiger partial charge in [0.15, 0.2) is 0 Å². The van der Waals surface area contributed by atoms with Crippen molar-refractivity contribution < 1.29 is 9.84 Å². The van der Waals surface area contributed by atoms with E-state index in [-0.39, 0.29) is 6.10 Å². The Hall–Kier alpha value is -0.120. The molecular formula is C8H19NO2. The van der Waals surface area contributed by atoms with Gasteiger partial charge in [-0.05, 0) is 5.92 Å². The molecule has 0 bridgehead atoms. The first-order chi connectivity index (χ1) is 5.18. The van der Waals surface area contributed by atoms with Gasteiger partial charge in [0.05, 0.1) is 12.7 Å². The van der Waals surface area contributed by atoms with Crippen molar-refractivity contribution in [3.05, 3.63) is 0 Å². The third kappa shape index (κ3) is 6.28. The molecule has 68 valence electrons. The molecule has 0 saturated carbocycles. The summed E-state index contributed by atoms with van der Waals surface area (Å²) in [5, 5.41) is 12.4. The maximum Gasteiger partial charge on any atom is 0.0687 e. The Labute approximate surface area is 68.8 Å². The number of rotatable bonds is 6. The monoisotopic (exact) mass is 161 g/mol. The summed E-state index contributed by atoms with van der Waals surface area (Å²) < 4.78 is 4.84. The smallest absolute Gasteiger partial charge is 0.0687 e. The molecule has 0 aromatic carbocycles. The summed E-state index contributed by atoms with van der Waals surface area (Å²) in [6.07, 6.45) is -0.244. The number of methoxy groups -OCH3 is 1. The van der Waals surface area contributed by atoms with E-state index in [2.05, 4.69) is 5.32 Å². The molecule has 0 radical (unpaired) electrons. The lowest BCUT2D eigenvalue weighted by atomic mass is 10.1. The topological polar surface area (TPSA) is 41.5 Å². The van der Waals surface area contributed by atoms with Crippen LogP contribution in [0, 0.1) is 5.92 Å². The molecular weight excluding hydrogens is 142 g/mol. The molecule has 0 spiro atoms. The summed E-state index contributed by atoms with van der Waals surface area (Å²) in [5.74, 6) is 0.324. The predicted octanol–water partition coefficient (Wildman–Crippen LogP) is 0.239. The highest BCUT2D eigenvalue weighted by atomic mass is 16.5. The van der Waals surface area contributed by atoms with Gasteiger partial charge in [-0.25, -0.2) is 0 Å². The van der Waals surface area contributed by atoms with Crippen LogP contribution in [0.5, 0.6) is 0 Å². The van der Waals surface area contributed by atoms with Gasteiger partial charge in [-0.15, -0.1) is 0 Å². The molecule has 0 aliphatic rings. The van der Waals surface area contributed by atoms with E-state index in [1.165, 1.54) is 0 Å². The summed E-state index contributed by atoms with van der Waals surface area (Å²) in [6.45, 7) is 6.16. The van der Waals surface area contributed by atoms with Gasteiger partial charge in [0.1, 0.15) is 0 Å². The second-order valence-electron chi connectivity index (χ2n) is 3.01. The normalized spacial score (nSPS) is 13.9. The highest BCUT2D eigenvalue weighted by Gasteiger charge is 2.06. The van der Waals surface area contributed by atoms with Gasteiger partial charge in [-0.3, -0.25) is 0 Å². The van der Waals surface area contributed by atoms with Gasteiger partial charge >= 0.3 is 0 Å². The number of aliphatic hydroxyl groups excluding tert-OH is 1. The largest absolute Gasteiger partial charge is 0.392 e. The first kappa shape index (κ1) is 10.9. The molecule has 0 rings (SSSR count). The molecule has 0 saturated heterocycles. The highest BCUT2D eigenvalue weighted by Crippen LogP contribution is 1.98. The Morgan fingerprint density at radius 2 is 2.09 bits per heavy atom. The quantitative estimate of drug-likeness (QED) is 0.548. The van der Waals surface area contributed by atoms with E-state index < -0.39 is 0 Å². The summed E-state index contributed by atoms with van der Waals surface area (Å²) in [5.41, 5.74) is 0. The maximum absolute atomic E-state index is 9.32. The van der Waals surface area contributed by atoms with Crippen LogP contribution in [0.2, 0.25) is 0 Å². The first-order valence-electron chi connectivity index (χ1n) is 4.06. The average Bonchev–Trinajstić information content (AvgIpc) is 1.97. The van der Waals surface area contributed by atoms with Crippen molar-refractivity contribution in [2.24, 2.45) is 5.92 Å². The van der Waals surface area contributed by atoms with Crippen LogP contribution in [0.4, 0.5) is 0 Å².